The minimum absolute atomic E-state index is 0.773. The first-order valence-corrected chi connectivity index (χ1v) is 8.26. The minimum Gasteiger partial charge on any atom is -0.378 e. The minimum atomic E-state index is 0.773. The molecule has 0 spiro atoms. The van der Waals surface area contributed by atoms with E-state index in [4.69, 9.17) is 19.7 Å². The Hall–Kier alpha value is -1.89. The number of aliphatic imine (C=N–C) groups is 3. The van der Waals surface area contributed by atoms with E-state index in [2.05, 4.69) is 14.9 Å². The number of allylic oxidation sites excluding steroid dienone is 1. The van der Waals surface area contributed by atoms with E-state index in [1.165, 1.54) is 24.1 Å². The summed E-state index contributed by atoms with van der Waals surface area (Å²) in [5.74, 6) is 2.92. The lowest BCUT2D eigenvalue weighted by Crippen LogP contribution is -2.57. The molecule has 0 aromatic rings. The molecule has 0 bridgehead atoms. The maximum atomic E-state index is 5.47. The average molecular weight is 300 g/mol. The summed E-state index contributed by atoms with van der Waals surface area (Å²) in [5.41, 5.74) is 2.56. The van der Waals surface area contributed by atoms with Gasteiger partial charge in [0.2, 0.25) is 5.96 Å². The Morgan fingerprint density at radius 1 is 0.955 bits per heavy atom. The molecule has 0 atom stereocenters. The molecular formula is C15H20N6O. The SMILES string of the molecule is C1CCC2=C(C1)N=C1N=C(N3CCOCC3)N3CCN=C2N13. The van der Waals surface area contributed by atoms with Crippen LogP contribution in [0.5, 0.6) is 0 Å². The van der Waals surface area contributed by atoms with E-state index in [9.17, 15) is 0 Å². The number of hydrogen-bond donors (Lipinski definition) is 0. The molecular weight excluding hydrogens is 280 g/mol. The summed E-state index contributed by atoms with van der Waals surface area (Å²) in [6.45, 7) is 5.05. The normalized spacial score (nSPS) is 27.3. The van der Waals surface area contributed by atoms with Gasteiger partial charge in [-0.1, -0.05) is 0 Å². The van der Waals surface area contributed by atoms with Crippen LogP contribution in [-0.4, -0.2) is 72.1 Å². The summed E-state index contributed by atoms with van der Waals surface area (Å²) in [4.78, 5) is 16.8. The molecule has 0 unspecified atom stereocenters. The smallest absolute Gasteiger partial charge is 0.254 e. The van der Waals surface area contributed by atoms with Gasteiger partial charge in [-0.3, -0.25) is 4.99 Å². The van der Waals surface area contributed by atoms with Gasteiger partial charge in [0.1, 0.15) is 0 Å². The molecule has 4 heterocycles. The lowest BCUT2D eigenvalue weighted by Gasteiger charge is -2.41. The van der Waals surface area contributed by atoms with Crippen LogP contribution in [-0.2, 0) is 4.74 Å². The van der Waals surface area contributed by atoms with Crippen molar-refractivity contribution in [2.24, 2.45) is 15.0 Å². The number of morpholine rings is 1. The number of fused-ring (bicyclic) bond motifs is 1. The number of nitrogens with zero attached hydrogens (tertiary/aromatic N) is 6. The monoisotopic (exact) mass is 300 g/mol. The summed E-state index contributed by atoms with van der Waals surface area (Å²) < 4.78 is 5.47. The van der Waals surface area contributed by atoms with Gasteiger partial charge in [0.05, 0.1) is 32.0 Å². The third-order valence-corrected chi connectivity index (χ3v) is 4.87. The highest BCUT2D eigenvalue weighted by Gasteiger charge is 2.42. The van der Waals surface area contributed by atoms with Gasteiger partial charge in [-0.15, -0.1) is 0 Å². The molecule has 1 saturated heterocycles. The van der Waals surface area contributed by atoms with E-state index in [1.54, 1.807) is 0 Å². The molecule has 0 amide bonds. The van der Waals surface area contributed by atoms with E-state index >= 15 is 0 Å². The van der Waals surface area contributed by atoms with Crippen LogP contribution in [0, 0.1) is 0 Å². The van der Waals surface area contributed by atoms with Gasteiger partial charge in [0.15, 0.2) is 5.84 Å². The van der Waals surface area contributed by atoms with Gasteiger partial charge in [-0.2, -0.15) is 10.0 Å². The van der Waals surface area contributed by atoms with Crippen LogP contribution in [0.1, 0.15) is 25.7 Å². The van der Waals surface area contributed by atoms with Gasteiger partial charge >= 0.3 is 0 Å². The molecule has 116 valence electrons. The van der Waals surface area contributed by atoms with Crippen molar-refractivity contribution in [1.29, 1.82) is 0 Å². The highest BCUT2D eigenvalue weighted by Crippen LogP contribution is 2.35. The largest absolute Gasteiger partial charge is 0.378 e. The lowest BCUT2D eigenvalue weighted by atomic mass is 9.94. The van der Waals surface area contributed by atoms with Crippen molar-refractivity contribution in [1.82, 2.24) is 14.9 Å². The van der Waals surface area contributed by atoms with Crippen LogP contribution < -0.4 is 0 Å². The third-order valence-electron chi connectivity index (χ3n) is 4.87. The molecule has 0 N–H and O–H groups in total. The second kappa shape index (κ2) is 4.81. The molecule has 4 aliphatic heterocycles. The molecule has 5 rings (SSSR count). The van der Waals surface area contributed by atoms with Crippen LogP contribution in [0.15, 0.2) is 26.2 Å². The first-order chi connectivity index (χ1) is 10.9. The maximum absolute atomic E-state index is 5.47. The summed E-state index contributed by atoms with van der Waals surface area (Å²) in [5, 5.41) is 4.39. The van der Waals surface area contributed by atoms with Gasteiger partial charge in [-0.05, 0) is 25.7 Å². The molecule has 0 aromatic carbocycles. The second-order valence-electron chi connectivity index (χ2n) is 6.20. The number of hydrogen-bond acceptors (Lipinski definition) is 7. The first kappa shape index (κ1) is 12.6. The fourth-order valence-corrected chi connectivity index (χ4v) is 3.79. The van der Waals surface area contributed by atoms with E-state index in [0.717, 1.165) is 70.0 Å². The van der Waals surface area contributed by atoms with Crippen molar-refractivity contribution in [3.63, 3.8) is 0 Å². The van der Waals surface area contributed by atoms with Crippen molar-refractivity contribution >= 4 is 17.8 Å². The quantitative estimate of drug-likeness (QED) is 0.664. The Morgan fingerprint density at radius 3 is 2.73 bits per heavy atom. The van der Waals surface area contributed by atoms with Crippen LogP contribution in [0.25, 0.3) is 0 Å². The standard InChI is InChI=1S/C15H20N6O/c1-2-4-12-11(3-1)13-16-5-6-20-15(18-14(17-12)21(13)20)19-7-9-22-10-8-19/h1-10H2. The Labute approximate surface area is 129 Å². The maximum Gasteiger partial charge on any atom is 0.254 e. The molecule has 0 saturated carbocycles. The summed E-state index contributed by atoms with van der Waals surface area (Å²) >= 11 is 0. The fraction of sp³-hybridized carbons (Fsp3) is 0.667. The lowest BCUT2D eigenvalue weighted by molar-refractivity contribution is 0.0571. The van der Waals surface area contributed by atoms with Crippen molar-refractivity contribution < 1.29 is 4.74 Å². The Kier molecular flexibility index (Phi) is 2.76. The number of hydrazine groups is 1. The zero-order valence-corrected chi connectivity index (χ0v) is 12.7. The van der Waals surface area contributed by atoms with E-state index in [-0.39, 0.29) is 0 Å². The highest BCUT2D eigenvalue weighted by molar-refractivity contribution is 6.17. The molecule has 0 aromatic heterocycles. The van der Waals surface area contributed by atoms with Crippen LogP contribution >= 0.6 is 0 Å². The van der Waals surface area contributed by atoms with Crippen molar-refractivity contribution in [2.75, 3.05) is 39.4 Å². The Bertz CT molecular complexity index is 628. The van der Waals surface area contributed by atoms with Gasteiger partial charge in [0.25, 0.3) is 5.96 Å². The van der Waals surface area contributed by atoms with E-state index < -0.39 is 0 Å². The zero-order valence-electron chi connectivity index (χ0n) is 12.7. The predicted molar refractivity (Wildman–Crippen MR) is 83.6 cm³/mol. The first-order valence-electron chi connectivity index (χ1n) is 8.26. The van der Waals surface area contributed by atoms with Crippen molar-refractivity contribution in [2.45, 2.75) is 25.7 Å². The second-order valence-corrected chi connectivity index (χ2v) is 6.20. The highest BCUT2D eigenvalue weighted by atomic mass is 16.5. The molecule has 1 fully saturated rings. The summed E-state index contributed by atoms with van der Waals surface area (Å²) in [6.07, 6.45) is 4.64. The van der Waals surface area contributed by atoms with Crippen molar-refractivity contribution in [3.8, 4) is 0 Å². The molecule has 0 radical (unpaired) electrons. The molecule has 7 heteroatoms. The number of rotatable bonds is 0. The summed E-state index contributed by atoms with van der Waals surface area (Å²) in [7, 11) is 0. The van der Waals surface area contributed by atoms with Gasteiger partial charge < -0.3 is 9.64 Å². The Balaban J connectivity index is 1.56. The predicted octanol–water partition coefficient (Wildman–Crippen LogP) is 0.817. The van der Waals surface area contributed by atoms with E-state index in [0.29, 0.717) is 0 Å². The van der Waals surface area contributed by atoms with E-state index in [1.807, 2.05) is 0 Å². The number of guanidine groups is 2. The van der Waals surface area contributed by atoms with Crippen LogP contribution in [0.2, 0.25) is 0 Å². The Morgan fingerprint density at radius 2 is 1.82 bits per heavy atom. The third kappa shape index (κ3) is 1.75. The average Bonchev–Trinajstić information content (AvgIpc) is 2.96. The summed E-state index contributed by atoms with van der Waals surface area (Å²) in [6, 6.07) is 0. The zero-order chi connectivity index (χ0) is 14.5. The molecule has 22 heavy (non-hydrogen) atoms. The molecule has 7 nitrogen and oxygen atoms in total. The van der Waals surface area contributed by atoms with Crippen molar-refractivity contribution in [3.05, 3.63) is 11.3 Å². The molecule has 5 aliphatic rings. The number of amidine groups is 1. The van der Waals surface area contributed by atoms with Gasteiger partial charge in [0, 0.05) is 18.7 Å². The topological polar surface area (TPSA) is 56.0 Å². The van der Waals surface area contributed by atoms with Gasteiger partial charge in [-0.25, -0.2) is 10.0 Å². The molecule has 1 aliphatic carbocycles. The number of ether oxygens (including phenoxy) is 1. The fourth-order valence-electron chi connectivity index (χ4n) is 3.79. The van der Waals surface area contributed by atoms with Crippen LogP contribution in [0.4, 0.5) is 0 Å². The van der Waals surface area contributed by atoms with Crippen LogP contribution in [0.3, 0.4) is 0 Å².